The van der Waals surface area contributed by atoms with Crippen LogP contribution in [0.2, 0.25) is 10.0 Å². The highest BCUT2D eigenvalue weighted by molar-refractivity contribution is 6.37. The van der Waals surface area contributed by atoms with E-state index >= 15 is 0 Å². The van der Waals surface area contributed by atoms with Crippen molar-refractivity contribution in [3.05, 3.63) is 39.5 Å². The molecule has 5 nitrogen and oxygen atoms in total. The first-order chi connectivity index (χ1) is 11.9. The Morgan fingerprint density at radius 3 is 2.23 bits per heavy atom. The van der Waals surface area contributed by atoms with Crippen molar-refractivity contribution in [2.75, 3.05) is 7.05 Å². The number of urea groups is 1. The quantitative estimate of drug-likeness (QED) is 0.538. The monoisotopic (exact) mass is 411 g/mol. The van der Waals surface area contributed by atoms with Crippen molar-refractivity contribution in [3.63, 3.8) is 0 Å². The lowest BCUT2D eigenvalue weighted by molar-refractivity contribution is -0.137. The Bertz CT molecular complexity index is 709. The molecule has 0 atom stereocenters. The Balaban J connectivity index is 2.99. The maximum atomic E-state index is 12.8. The Labute approximate surface area is 159 Å². The van der Waals surface area contributed by atoms with Gasteiger partial charge in [0.1, 0.15) is 0 Å². The van der Waals surface area contributed by atoms with E-state index in [0.717, 1.165) is 0 Å². The third-order valence-electron chi connectivity index (χ3n) is 2.82. The molecule has 26 heavy (non-hydrogen) atoms. The maximum absolute atomic E-state index is 12.8. The molecule has 1 rings (SSSR count). The molecular formula is C16H18Cl2F3N3O2. The van der Waals surface area contributed by atoms with Gasteiger partial charge in [-0.25, -0.2) is 4.79 Å². The molecule has 0 aromatic heterocycles. The largest absolute Gasteiger partial charge is 0.436 e. The number of nitrogens with one attached hydrogen (secondary N) is 2. The van der Waals surface area contributed by atoms with Gasteiger partial charge in [-0.05, 0) is 32.9 Å². The second-order valence-corrected chi connectivity index (χ2v) is 6.33. The SMILES string of the molecule is CN=C(/C=C(/C)NC(=O)NC(C)C)Oc1c(Cl)cc(C(F)(F)F)cc1Cl. The van der Waals surface area contributed by atoms with Gasteiger partial charge in [-0.2, -0.15) is 13.2 Å². The van der Waals surface area contributed by atoms with Crippen LogP contribution in [0.25, 0.3) is 0 Å². The molecule has 0 radical (unpaired) electrons. The molecule has 1 aromatic carbocycles. The molecular weight excluding hydrogens is 394 g/mol. The number of ether oxygens (including phenoxy) is 1. The number of hydrogen-bond donors (Lipinski definition) is 2. The summed E-state index contributed by atoms with van der Waals surface area (Å²) in [7, 11) is 1.40. The number of halogens is 5. The minimum Gasteiger partial charge on any atom is -0.436 e. The number of hydrogen-bond acceptors (Lipinski definition) is 3. The summed E-state index contributed by atoms with van der Waals surface area (Å²) in [5, 5.41) is 4.55. The fraction of sp³-hybridized carbons (Fsp3) is 0.375. The van der Waals surface area contributed by atoms with Crippen molar-refractivity contribution in [3.8, 4) is 5.75 Å². The van der Waals surface area contributed by atoms with Gasteiger partial charge in [0.05, 0.1) is 15.6 Å². The van der Waals surface area contributed by atoms with Gasteiger partial charge in [0.25, 0.3) is 0 Å². The van der Waals surface area contributed by atoms with Gasteiger partial charge in [0.2, 0.25) is 5.90 Å². The van der Waals surface area contributed by atoms with Crippen LogP contribution in [-0.2, 0) is 6.18 Å². The number of amides is 2. The summed E-state index contributed by atoms with van der Waals surface area (Å²) in [6.45, 7) is 5.19. The van der Waals surface area contributed by atoms with Crippen LogP contribution >= 0.6 is 23.2 Å². The van der Waals surface area contributed by atoms with E-state index in [0.29, 0.717) is 17.8 Å². The number of aliphatic imine (C=N–C) groups is 1. The van der Waals surface area contributed by atoms with Gasteiger partial charge in [0, 0.05) is 24.9 Å². The fourth-order valence-corrected chi connectivity index (χ4v) is 2.33. The van der Waals surface area contributed by atoms with Crippen LogP contribution in [0.3, 0.4) is 0 Å². The van der Waals surface area contributed by atoms with Gasteiger partial charge in [-0.15, -0.1) is 0 Å². The Hall–Kier alpha value is -1.93. The molecule has 2 N–H and O–H groups in total. The van der Waals surface area contributed by atoms with Gasteiger partial charge in [-0.3, -0.25) is 4.99 Å². The summed E-state index contributed by atoms with van der Waals surface area (Å²) in [5.74, 6) is -0.173. The Morgan fingerprint density at radius 1 is 1.27 bits per heavy atom. The van der Waals surface area contributed by atoms with Crippen LogP contribution < -0.4 is 15.4 Å². The summed E-state index contributed by atoms with van der Waals surface area (Å²) in [5.41, 5.74) is -0.600. The summed E-state index contributed by atoms with van der Waals surface area (Å²) >= 11 is 11.7. The Kier molecular flexibility index (Phi) is 7.77. The summed E-state index contributed by atoms with van der Waals surface area (Å²) in [6, 6.07) is 0.944. The van der Waals surface area contributed by atoms with Crippen molar-refractivity contribution < 1.29 is 22.7 Å². The molecule has 1 aromatic rings. The minimum absolute atomic E-state index is 0.00379. The number of carbonyl (C=O) groups excluding carboxylic acids is 1. The van der Waals surface area contributed by atoms with E-state index in [2.05, 4.69) is 15.6 Å². The van der Waals surface area contributed by atoms with E-state index in [1.165, 1.54) is 13.1 Å². The molecule has 2 amide bonds. The Morgan fingerprint density at radius 2 is 1.81 bits per heavy atom. The molecule has 0 saturated heterocycles. The van der Waals surface area contributed by atoms with E-state index in [4.69, 9.17) is 27.9 Å². The molecule has 0 spiro atoms. The summed E-state index contributed by atoms with van der Waals surface area (Å²) < 4.78 is 43.7. The lowest BCUT2D eigenvalue weighted by Gasteiger charge is -2.14. The lowest BCUT2D eigenvalue weighted by atomic mass is 10.2. The van der Waals surface area contributed by atoms with Crippen LogP contribution in [0, 0.1) is 0 Å². The van der Waals surface area contributed by atoms with Gasteiger partial charge < -0.3 is 15.4 Å². The number of benzene rings is 1. The topological polar surface area (TPSA) is 62.7 Å². The van der Waals surface area contributed by atoms with Crippen molar-refractivity contribution in [2.45, 2.75) is 33.0 Å². The van der Waals surface area contributed by atoms with E-state index in [-0.39, 0.29) is 27.7 Å². The highest BCUT2D eigenvalue weighted by Gasteiger charge is 2.32. The van der Waals surface area contributed by atoms with Crippen LogP contribution in [0.5, 0.6) is 5.75 Å². The molecule has 0 heterocycles. The number of carbonyl (C=O) groups is 1. The second-order valence-electron chi connectivity index (χ2n) is 5.51. The third kappa shape index (κ3) is 6.76. The number of rotatable bonds is 4. The number of alkyl halides is 3. The van der Waals surface area contributed by atoms with Crippen LogP contribution in [0.1, 0.15) is 26.3 Å². The van der Waals surface area contributed by atoms with E-state index in [1.807, 2.05) is 0 Å². The maximum Gasteiger partial charge on any atom is 0.416 e. The molecule has 0 fully saturated rings. The highest BCUT2D eigenvalue weighted by atomic mass is 35.5. The smallest absolute Gasteiger partial charge is 0.416 e. The van der Waals surface area contributed by atoms with Crippen molar-refractivity contribution in [2.24, 2.45) is 4.99 Å². The average Bonchev–Trinajstić information content (AvgIpc) is 2.47. The number of nitrogens with zero attached hydrogens (tertiary/aromatic N) is 1. The molecule has 0 unspecified atom stereocenters. The predicted molar refractivity (Wildman–Crippen MR) is 96.0 cm³/mol. The first kappa shape index (κ1) is 22.1. The highest BCUT2D eigenvalue weighted by Crippen LogP contribution is 2.40. The fourth-order valence-electron chi connectivity index (χ4n) is 1.76. The van der Waals surface area contributed by atoms with Crippen molar-refractivity contribution in [1.29, 1.82) is 0 Å². The van der Waals surface area contributed by atoms with E-state index < -0.39 is 17.8 Å². The predicted octanol–water partition coefficient (Wildman–Crippen LogP) is 5.03. The third-order valence-corrected chi connectivity index (χ3v) is 3.38. The average molecular weight is 412 g/mol. The van der Waals surface area contributed by atoms with Crippen molar-refractivity contribution >= 4 is 35.1 Å². The minimum atomic E-state index is -4.59. The van der Waals surface area contributed by atoms with Crippen LogP contribution in [-0.4, -0.2) is 25.0 Å². The van der Waals surface area contributed by atoms with Crippen molar-refractivity contribution in [1.82, 2.24) is 10.6 Å². The summed E-state index contributed by atoms with van der Waals surface area (Å²) in [6.07, 6.45) is -3.21. The lowest BCUT2D eigenvalue weighted by Crippen LogP contribution is -2.38. The van der Waals surface area contributed by atoms with E-state index in [1.54, 1.807) is 20.8 Å². The summed E-state index contributed by atoms with van der Waals surface area (Å²) in [4.78, 5) is 15.5. The molecule has 0 saturated carbocycles. The second kappa shape index (κ2) is 9.14. The zero-order valence-corrected chi connectivity index (χ0v) is 16.0. The van der Waals surface area contributed by atoms with E-state index in [9.17, 15) is 18.0 Å². The standard InChI is InChI=1S/C16H18Cl2F3N3O2/c1-8(2)23-15(25)24-9(3)5-13(22-4)26-14-11(17)6-10(7-12(14)18)16(19,20)21/h5-8H,1-4H3,(H2,23,24,25)/b9-5-,22-13?. The molecule has 0 aliphatic heterocycles. The van der Waals surface area contributed by atoms with Gasteiger partial charge in [0.15, 0.2) is 5.75 Å². The van der Waals surface area contributed by atoms with Gasteiger partial charge >= 0.3 is 12.2 Å². The number of allylic oxidation sites excluding steroid dienone is 1. The molecule has 0 aliphatic rings. The molecule has 0 aliphatic carbocycles. The zero-order valence-electron chi connectivity index (χ0n) is 14.5. The van der Waals surface area contributed by atoms with Gasteiger partial charge in [-0.1, -0.05) is 23.2 Å². The molecule has 144 valence electrons. The first-order valence-corrected chi connectivity index (χ1v) is 8.16. The van der Waals surface area contributed by atoms with Crippen LogP contribution in [0.15, 0.2) is 28.9 Å². The molecule has 10 heteroatoms. The molecule has 0 bridgehead atoms. The zero-order chi connectivity index (χ0) is 20.1. The first-order valence-electron chi connectivity index (χ1n) is 7.40. The normalized spacial score (nSPS) is 13.0. The van der Waals surface area contributed by atoms with Crippen LogP contribution in [0.4, 0.5) is 18.0 Å².